The van der Waals surface area contributed by atoms with Gasteiger partial charge in [0.05, 0.1) is 19.7 Å². The number of nitrogens with zero attached hydrogens (tertiary/aromatic N) is 5. The van der Waals surface area contributed by atoms with Crippen LogP contribution in [0.5, 0.6) is 5.75 Å². The summed E-state index contributed by atoms with van der Waals surface area (Å²) >= 11 is 0. The van der Waals surface area contributed by atoms with Gasteiger partial charge in [0.2, 0.25) is 0 Å². The van der Waals surface area contributed by atoms with Crippen LogP contribution < -0.4 is 15.4 Å². The summed E-state index contributed by atoms with van der Waals surface area (Å²) in [5.74, 6) is 1.68. The Kier molecular flexibility index (Phi) is 7.92. The van der Waals surface area contributed by atoms with Crippen LogP contribution in [0.1, 0.15) is 35.6 Å². The Balaban J connectivity index is 1.35. The summed E-state index contributed by atoms with van der Waals surface area (Å²) in [4.78, 5) is 11.0. The monoisotopic (exact) mass is 447 g/mol. The fraction of sp³-hybridized carbons (Fsp3) is 0.400. The minimum atomic E-state index is 0.294. The van der Waals surface area contributed by atoms with Crippen LogP contribution in [0.3, 0.4) is 0 Å². The lowest BCUT2D eigenvalue weighted by atomic mass is 10.1. The van der Waals surface area contributed by atoms with E-state index in [-0.39, 0.29) is 0 Å². The molecular weight excluding hydrogens is 414 g/mol. The molecule has 1 fully saturated rings. The van der Waals surface area contributed by atoms with Crippen molar-refractivity contribution >= 4 is 5.96 Å². The summed E-state index contributed by atoms with van der Waals surface area (Å²) in [5, 5.41) is 11.2. The minimum absolute atomic E-state index is 0.294. The maximum absolute atomic E-state index is 5.34. The molecule has 0 radical (unpaired) electrons. The molecule has 4 rings (SSSR count). The molecule has 1 atom stereocenters. The van der Waals surface area contributed by atoms with Crippen molar-refractivity contribution in [1.82, 2.24) is 30.3 Å². The van der Waals surface area contributed by atoms with Gasteiger partial charge in [-0.25, -0.2) is 9.67 Å². The maximum atomic E-state index is 5.34. The molecule has 2 N–H and O–H groups in total. The van der Waals surface area contributed by atoms with E-state index in [9.17, 15) is 0 Å². The van der Waals surface area contributed by atoms with Crippen LogP contribution in [0.2, 0.25) is 0 Å². The molecule has 1 unspecified atom stereocenters. The number of hydrogen-bond donors (Lipinski definition) is 2. The first-order valence-corrected chi connectivity index (χ1v) is 11.5. The van der Waals surface area contributed by atoms with Crippen LogP contribution >= 0.6 is 0 Å². The molecule has 8 heteroatoms. The Morgan fingerprint density at radius 1 is 1.09 bits per heavy atom. The van der Waals surface area contributed by atoms with Crippen LogP contribution in [0.15, 0.2) is 66.2 Å². The normalized spacial score (nSPS) is 15.4. The van der Waals surface area contributed by atoms with E-state index in [2.05, 4.69) is 67.0 Å². The largest absolute Gasteiger partial charge is 0.497 e. The van der Waals surface area contributed by atoms with Gasteiger partial charge in [0.1, 0.15) is 18.4 Å². The number of aliphatic imine (C=N–C) groups is 1. The average Bonchev–Trinajstić information content (AvgIpc) is 3.57. The van der Waals surface area contributed by atoms with E-state index in [0.717, 1.165) is 31.3 Å². The highest BCUT2D eigenvalue weighted by atomic mass is 16.5. The maximum Gasteiger partial charge on any atom is 0.191 e. The number of ether oxygens (including phenoxy) is 1. The molecule has 2 heterocycles. The molecule has 0 saturated carbocycles. The van der Waals surface area contributed by atoms with Crippen molar-refractivity contribution < 1.29 is 4.74 Å². The summed E-state index contributed by atoms with van der Waals surface area (Å²) in [6, 6.07) is 17.2. The number of methoxy groups -OCH3 is 1. The molecule has 174 valence electrons. The Morgan fingerprint density at radius 2 is 1.88 bits per heavy atom. The van der Waals surface area contributed by atoms with Crippen molar-refractivity contribution in [3.8, 4) is 5.75 Å². The molecule has 8 nitrogen and oxygen atoms in total. The second-order valence-corrected chi connectivity index (χ2v) is 8.25. The van der Waals surface area contributed by atoms with Gasteiger partial charge < -0.3 is 15.4 Å². The highest BCUT2D eigenvalue weighted by Crippen LogP contribution is 2.26. The standard InChI is InChI=1S/C25H33N7O/c1-26-25(28-15-20-6-5-7-21(14-20)17-32-19-27-18-30-32)29-16-24(31-12-3-4-13-31)22-8-10-23(33-2)11-9-22/h5-11,14,18-19,24H,3-4,12-13,15-17H2,1-2H3,(H2,26,28,29). The van der Waals surface area contributed by atoms with Gasteiger partial charge in [-0.05, 0) is 54.8 Å². The molecule has 0 bridgehead atoms. The molecule has 0 spiro atoms. The van der Waals surface area contributed by atoms with Gasteiger partial charge in [0.25, 0.3) is 0 Å². The molecule has 1 aliphatic heterocycles. The first-order chi connectivity index (χ1) is 16.2. The molecule has 3 aromatic rings. The fourth-order valence-electron chi connectivity index (χ4n) is 4.28. The van der Waals surface area contributed by atoms with Gasteiger partial charge in [-0.15, -0.1) is 0 Å². The van der Waals surface area contributed by atoms with Crippen molar-refractivity contribution in [2.45, 2.75) is 32.0 Å². The quantitative estimate of drug-likeness (QED) is 0.388. The van der Waals surface area contributed by atoms with E-state index in [4.69, 9.17) is 4.74 Å². The van der Waals surface area contributed by atoms with E-state index < -0.39 is 0 Å². The van der Waals surface area contributed by atoms with Gasteiger partial charge in [-0.1, -0.05) is 36.4 Å². The molecule has 0 amide bonds. The zero-order valence-corrected chi connectivity index (χ0v) is 19.4. The van der Waals surface area contributed by atoms with E-state index >= 15 is 0 Å². The topological polar surface area (TPSA) is 79.6 Å². The van der Waals surface area contributed by atoms with Crippen molar-refractivity contribution in [2.24, 2.45) is 4.99 Å². The van der Waals surface area contributed by atoms with Crippen molar-refractivity contribution in [2.75, 3.05) is 33.8 Å². The van der Waals surface area contributed by atoms with Crippen LogP contribution in [-0.2, 0) is 13.1 Å². The number of hydrogen-bond acceptors (Lipinski definition) is 5. The number of aromatic nitrogens is 3. The number of rotatable bonds is 9. The van der Waals surface area contributed by atoms with Crippen molar-refractivity contribution in [3.63, 3.8) is 0 Å². The number of likely N-dealkylation sites (tertiary alicyclic amines) is 1. The third kappa shape index (κ3) is 6.32. The highest BCUT2D eigenvalue weighted by Gasteiger charge is 2.23. The second-order valence-electron chi connectivity index (χ2n) is 8.25. The first kappa shape index (κ1) is 22.8. The smallest absolute Gasteiger partial charge is 0.191 e. The zero-order valence-electron chi connectivity index (χ0n) is 19.4. The number of benzene rings is 2. The number of guanidine groups is 1. The molecule has 2 aromatic carbocycles. The first-order valence-electron chi connectivity index (χ1n) is 11.5. The van der Waals surface area contributed by atoms with Crippen molar-refractivity contribution in [1.29, 1.82) is 0 Å². The summed E-state index contributed by atoms with van der Waals surface area (Å²) in [6.45, 7) is 4.45. The average molecular weight is 448 g/mol. The summed E-state index contributed by atoms with van der Waals surface area (Å²) in [6.07, 6.45) is 5.80. The Bertz CT molecular complexity index is 1010. The Morgan fingerprint density at radius 3 is 2.58 bits per heavy atom. The number of nitrogens with one attached hydrogen (secondary N) is 2. The third-order valence-electron chi connectivity index (χ3n) is 6.03. The SMILES string of the molecule is CN=C(NCc1cccc(Cn2cncn2)c1)NCC(c1ccc(OC)cc1)N1CCCC1. The van der Waals surface area contributed by atoms with E-state index in [0.29, 0.717) is 19.1 Å². The lowest BCUT2D eigenvalue weighted by Gasteiger charge is -2.29. The molecule has 1 saturated heterocycles. The van der Waals surface area contributed by atoms with Crippen LogP contribution in [-0.4, -0.2) is 59.4 Å². The van der Waals surface area contributed by atoms with Gasteiger partial charge >= 0.3 is 0 Å². The molecule has 33 heavy (non-hydrogen) atoms. The van der Waals surface area contributed by atoms with Crippen LogP contribution in [0.25, 0.3) is 0 Å². The minimum Gasteiger partial charge on any atom is -0.497 e. The Hall–Kier alpha value is -3.39. The van der Waals surface area contributed by atoms with Gasteiger partial charge in [-0.2, -0.15) is 5.10 Å². The zero-order chi connectivity index (χ0) is 22.9. The Labute approximate surface area is 195 Å². The predicted octanol–water partition coefficient (Wildman–Crippen LogP) is 2.84. The van der Waals surface area contributed by atoms with Crippen LogP contribution in [0, 0.1) is 0 Å². The lowest BCUT2D eigenvalue weighted by molar-refractivity contribution is 0.245. The van der Waals surface area contributed by atoms with Gasteiger partial charge in [0.15, 0.2) is 5.96 Å². The highest BCUT2D eigenvalue weighted by molar-refractivity contribution is 5.79. The summed E-state index contributed by atoms with van der Waals surface area (Å²) < 4.78 is 7.16. The van der Waals surface area contributed by atoms with E-state index in [1.54, 1.807) is 19.8 Å². The van der Waals surface area contributed by atoms with E-state index in [1.165, 1.54) is 29.5 Å². The molecule has 1 aliphatic rings. The van der Waals surface area contributed by atoms with Crippen LogP contribution in [0.4, 0.5) is 0 Å². The van der Waals surface area contributed by atoms with Gasteiger partial charge in [0, 0.05) is 20.1 Å². The fourth-order valence-corrected chi connectivity index (χ4v) is 4.28. The summed E-state index contributed by atoms with van der Waals surface area (Å²) in [7, 11) is 3.52. The molecular formula is C25H33N7O. The van der Waals surface area contributed by atoms with Gasteiger partial charge in [-0.3, -0.25) is 9.89 Å². The second kappa shape index (κ2) is 11.5. The van der Waals surface area contributed by atoms with Crippen molar-refractivity contribution in [3.05, 3.63) is 77.9 Å². The lowest BCUT2D eigenvalue weighted by Crippen LogP contribution is -2.42. The molecule has 0 aliphatic carbocycles. The summed E-state index contributed by atoms with van der Waals surface area (Å²) in [5.41, 5.74) is 3.68. The molecule has 1 aromatic heterocycles. The van der Waals surface area contributed by atoms with E-state index in [1.807, 2.05) is 23.9 Å². The predicted molar refractivity (Wildman–Crippen MR) is 130 cm³/mol. The third-order valence-corrected chi connectivity index (χ3v) is 6.03.